The summed E-state index contributed by atoms with van der Waals surface area (Å²) in [6.07, 6.45) is 3.03. The summed E-state index contributed by atoms with van der Waals surface area (Å²) in [5.41, 5.74) is 3.80. The molecule has 7 nitrogen and oxygen atoms in total. The molecule has 0 aliphatic heterocycles. The number of aliphatic hydroxyl groups is 1. The van der Waals surface area contributed by atoms with Gasteiger partial charge in [-0.05, 0) is 43.2 Å². The lowest BCUT2D eigenvalue weighted by molar-refractivity contribution is -0.121. The molecule has 0 atom stereocenters. The average Bonchev–Trinajstić information content (AvgIpc) is 3.13. The van der Waals surface area contributed by atoms with Gasteiger partial charge in [0.05, 0.1) is 11.3 Å². The molecule has 174 valence electrons. The quantitative estimate of drug-likeness (QED) is 0.234. The minimum atomic E-state index is -0.573. The average molecular weight is 469 g/mol. The van der Waals surface area contributed by atoms with Gasteiger partial charge in [0.15, 0.2) is 0 Å². The molecule has 33 heavy (non-hydrogen) atoms. The first-order chi connectivity index (χ1) is 15.8. The van der Waals surface area contributed by atoms with Gasteiger partial charge >= 0.3 is 0 Å². The molecule has 2 amide bonds. The number of amides is 2. The number of hydrogen-bond acceptors (Lipinski definition) is 5. The number of halogens is 1. The van der Waals surface area contributed by atoms with Gasteiger partial charge in [0, 0.05) is 59.6 Å². The second-order valence-corrected chi connectivity index (χ2v) is 7.74. The number of aryl methyl sites for hydroxylation is 1. The van der Waals surface area contributed by atoms with Crippen molar-refractivity contribution in [2.24, 2.45) is 7.05 Å². The fraction of sp³-hybridized carbons (Fsp3) is 0.240. The number of carbonyl (C=O) groups excluding carboxylic acids is 2. The number of rotatable bonds is 7. The number of fused-ring (bicyclic) bond motifs is 1. The molecule has 2 aromatic carbocycles. The van der Waals surface area contributed by atoms with Gasteiger partial charge < -0.3 is 15.0 Å². The van der Waals surface area contributed by atoms with Crippen LogP contribution in [-0.4, -0.2) is 41.4 Å². The fourth-order valence-corrected chi connectivity index (χ4v) is 3.60. The van der Waals surface area contributed by atoms with E-state index in [1.54, 1.807) is 26.1 Å². The minimum Gasteiger partial charge on any atom is -0.396 e. The Balaban J connectivity index is 0.000000890. The highest BCUT2D eigenvalue weighted by Crippen LogP contribution is 2.32. The highest BCUT2D eigenvalue weighted by atomic mass is 35.5. The number of carbonyl (C=O) groups is 2. The molecule has 3 aromatic rings. The molecule has 4 N–H and O–H groups in total. The number of hydrogen-bond donors (Lipinski definition) is 4. The van der Waals surface area contributed by atoms with Gasteiger partial charge in [0.1, 0.15) is 0 Å². The summed E-state index contributed by atoms with van der Waals surface area (Å²) in [6.45, 7) is 3.96. The predicted octanol–water partition coefficient (Wildman–Crippen LogP) is 4.38. The molecule has 0 fully saturated rings. The number of aliphatic hydroxyl groups excluding tert-OH is 1. The summed E-state index contributed by atoms with van der Waals surface area (Å²) in [5.74, 6) is -0.573. The monoisotopic (exact) mass is 468 g/mol. The van der Waals surface area contributed by atoms with Crippen molar-refractivity contribution >= 4 is 51.8 Å². The van der Waals surface area contributed by atoms with Crippen LogP contribution in [-0.2, 0) is 16.6 Å². The Labute approximate surface area is 198 Å². The van der Waals surface area contributed by atoms with Gasteiger partial charge in [-0.1, -0.05) is 36.7 Å². The smallest absolute Gasteiger partial charge is 0.258 e. The van der Waals surface area contributed by atoms with E-state index in [2.05, 4.69) is 10.6 Å². The van der Waals surface area contributed by atoms with Crippen molar-refractivity contribution < 1.29 is 14.7 Å². The van der Waals surface area contributed by atoms with Gasteiger partial charge in [0.25, 0.3) is 5.91 Å². The Bertz CT molecular complexity index is 1200. The molecule has 0 spiro atoms. The molecule has 0 saturated carbocycles. The second kappa shape index (κ2) is 12.0. The Hall–Kier alpha value is -3.42. The summed E-state index contributed by atoms with van der Waals surface area (Å²) in [4.78, 5) is 23.9. The van der Waals surface area contributed by atoms with Crippen LogP contribution in [0.5, 0.6) is 0 Å². The summed E-state index contributed by atoms with van der Waals surface area (Å²) in [5, 5.41) is 23.2. The lowest BCUT2D eigenvalue weighted by Gasteiger charge is -2.14. The zero-order valence-corrected chi connectivity index (χ0v) is 20.0. The molecular formula is C25H29ClN4O3. The fourth-order valence-electron chi connectivity index (χ4n) is 3.43. The molecule has 0 unspecified atom stereocenters. The standard InChI is InChI=1S/C22H21ClN4O2.C3H8O/c1-13(21(24)15-6-4-5-7-18(15)25-2)20(22(29)26-12-28)17-11-27(3)19-9-8-14(23)10-16(17)19;1-2-3-4/h4-12,24-25H,1-3H3,(H,26,28,29);4H,2-3H2,1H3/b20-13+,24-21?;. The third-order valence-electron chi connectivity index (χ3n) is 5.08. The molecule has 0 radical (unpaired) electrons. The van der Waals surface area contributed by atoms with Crippen LogP contribution in [0.1, 0.15) is 31.4 Å². The molecular weight excluding hydrogens is 440 g/mol. The van der Waals surface area contributed by atoms with Crippen LogP contribution in [0, 0.1) is 5.41 Å². The normalized spacial score (nSPS) is 11.2. The third kappa shape index (κ3) is 5.88. The molecule has 0 saturated heterocycles. The molecule has 0 aliphatic carbocycles. The first kappa shape index (κ1) is 25.8. The van der Waals surface area contributed by atoms with E-state index in [-0.39, 0.29) is 11.3 Å². The van der Waals surface area contributed by atoms with Crippen LogP contribution in [0.4, 0.5) is 5.69 Å². The summed E-state index contributed by atoms with van der Waals surface area (Å²) < 4.78 is 1.88. The Morgan fingerprint density at radius 3 is 2.48 bits per heavy atom. The van der Waals surface area contributed by atoms with Crippen molar-refractivity contribution in [2.45, 2.75) is 20.3 Å². The van der Waals surface area contributed by atoms with Crippen molar-refractivity contribution in [1.29, 1.82) is 5.41 Å². The summed E-state index contributed by atoms with van der Waals surface area (Å²) in [7, 11) is 3.64. The highest BCUT2D eigenvalue weighted by Gasteiger charge is 2.23. The van der Waals surface area contributed by atoms with E-state index in [4.69, 9.17) is 22.1 Å². The summed E-state index contributed by atoms with van der Waals surface area (Å²) >= 11 is 6.19. The van der Waals surface area contributed by atoms with Crippen molar-refractivity contribution in [3.63, 3.8) is 0 Å². The van der Waals surface area contributed by atoms with E-state index in [1.165, 1.54) is 0 Å². The van der Waals surface area contributed by atoms with Crippen molar-refractivity contribution in [3.05, 3.63) is 70.4 Å². The van der Waals surface area contributed by atoms with E-state index in [9.17, 15) is 9.59 Å². The maximum atomic E-state index is 12.9. The van der Waals surface area contributed by atoms with Crippen molar-refractivity contribution in [1.82, 2.24) is 9.88 Å². The first-order valence-corrected chi connectivity index (χ1v) is 10.9. The van der Waals surface area contributed by atoms with Gasteiger partial charge in [-0.25, -0.2) is 0 Å². The van der Waals surface area contributed by atoms with Crippen LogP contribution in [0.3, 0.4) is 0 Å². The third-order valence-corrected chi connectivity index (χ3v) is 5.31. The topological polar surface area (TPSA) is 107 Å². The number of benzene rings is 2. The lowest BCUT2D eigenvalue weighted by atomic mass is 9.93. The second-order valence-electron chi connectivity index (χ2n) is 7.30. The maximum Gasteiger partial charge on any atom is 0.258 e. The van der Waals surface area contributed by atoms with Crippen LogP contribution < -0.4 is 10.6 Å². The number of aromatic nitrogens is 1. The van der Waals surface area contributed by atoms with Crippen LogP contribution in [0.25, 0.3) is 16.5 Å². The molecule has 0 bridgehead atoms. The number of imide groups is 1. The minimum absolute atomic E-state index is 0.185. The largest absolute Gasteiger partial charge is 0.396 e. The number of nitrogens with zero attached hydrogens (tertiary/aromatic N) is 1. The van der Waals surface area contributed by atoms with E-state index in [0.717, 1.165) is 23.0 Å². The van der Waals surface area contributed by atoms with E-state index < -0.39 is 5.91 Å². The summed E-state index contributed by atoms with van der Waals surface area (Å²) in [6, 6.07) is 12.8. The zero-order valence-electron chi connectivity index (χ0n) is 19.2. The molecule has 3 rings (SSSR count). The van der Waals surface area contributed by atoms with Crippen molar-refractivity contribution in [3.8, 4) is 0 Å². The first-order valence-electron chi connectivity index (χ1n) is 10.5. The Morgan fingerprint density at radius 2 is 1.88 bits per heavy atom. The van der Waals surface area contributed by atoms with Crippen LogP contribution in [0.2, 0.25) is 5.02 Å². The molecule has 1 heterocycles. The lowest BCUT2D eigenvalue weighted by Crippen LogP contribution is -2.24. The Morgan fingerprint density at radius 1 is 1.21 bits per heavy atom. The van der Waals surface area contributed by atoms with Gasteiger partial charge in [0.2, 0.25) is 6.41 Å². The van der Waals surface area contributed by atoms with Gasteiger partial charge in [-0.15, -0.1) is 0 Å². The van der Waals surface area contributed by atoms with Gasteiger partial charge in [-0.2, -0.15) is 0 Å². The number of para-hydroxylation sites is 1. The molecule has 0 aliphatic rings. The number of allylic oxidation sites excluding steroid dienone is 1. The van der Waals surface area contributed by atoms with Crippen LogP contribution in [0.15, 0.2) is 54.2 Å². The predicted molar refractivity (Wildman–Crippen MR) is 135 cm³/mol. The maximum absolute atomic E-state index is 12.9. The zero-order chi connectivity index (χ0) is 24.5. The SMILES string of the molecule is CCCO.CNc1ccccc1C(=N)/C(C)=C(/C(=O)NC=O)c1cn(C)c2ccc(Cl)cc12. The van der Waals surface area contributed by atoms with E-state index in [0.29, 0.717) is 34.7 Å². The van der Waals surface area contributed by atoms with E-state index in [1.807, 2.05) is 55.1 Å². The highest BCUT2D eigenvalue weighted by molar-refractivity contribution is 6.34. The van der Waals surface area contributed by atoms with Gasteiger partial charge in [-0.3, -0.25) is 20.3 Å². The number of nitrogens with one attached hydrogen (secondary N) is 3. The van der Waals surface area contributed by atoms with E-state index >= 15 is 0 Å². The molecule has 1 aromatic heterocycles. The van der Waals surface area contributed by atoms with Crippen LogP contribution >= 0.6 is 11.6 Å². The Kier molecular flexibility index (Phi) is 9.39. The number of anilines is 1. The van der Waals surface area contributed by atoms with Crippen molar-refractivity contribution in [2.75, 3.05) is 19.0 Å². The molecule has 8 heteroatoms.